The first-order valence-corrected chi connectivity index (χ1v) is 7.88. The summed E-state index contributed by atoms with van der Waals surface area (Å²) in [6.07, 6.45) is 9.53. The molecule has 1 aromatic rings. The van der Waals surface area contributed by atoms with Crippen LogP contribution in [0.25, 0.3) is 0 Å². The molecule has 1 aliphatic heterocycles. The minimum Gasteiger partial charge on any atom is -0.508 e. The highest BCUT2D eigenvalue weighted by molar-refractivity contribution is 5.34. The number of fused-ring (bicyclic) bond motifs is 2. The van der Waals surface area contributed by atoms with Crippen LogP contribution >= 0.6 is 0 Å². The second-order valence-corrected chi connectivity index (χ2v) is 6.44. The summed E-state index contributed by atoms with van der Waals surface area (Å²) in [5, 5.41) is 9.78. The summed E-state index contributed by atoms with van der Waals surface area (Å²) in [6.45, 7) is 6.19. The number of piperidine rings is 1. The normalized spacial score (nSPS) is 30.1. The third-order valence-corrected chi connectivity index (χ3v) is 5.29. The van der Waals surface area contributed by atoms with E-state index in [9.17, 15) is 5.11 Å². The molecular weight excluding hydrogens is 246 g/mol. The standard InChI is InChI=1S/C18H25NO/c1-2-3-11-19-12-10-18(9-5-7-16(19)14-18)15-6-4-8-17(20)13-15/h2,4,6,8,13,16,20H,1,3,5,7,9-12,14H2/t16-,18+/m1/s1. The highest BCUT2D eigenvalue weighted by atomic mass is 16.3. The fourth-order valence-electron chi connectivity index (χ4n) is 4.20. The maximum Gasteiger partial charge on any atom is 0.115 e. The lowest BCUT2D eigenvalue weighted by Crippen LogP contribution is -2.51. The van der Waals surface area contributed by atoms with Crippen molar-refractivity contribution in [1.29, 1.82) is 0 Å². The predicted molar refractivity (Wildman–Crippen MR) is 83.0 cm³/mol. The molecule has 2 fully saturated rings. The molecule has 0 spiro atoms. The number of benzene rings is 1. The van der Waals surface area contributed by atoms with Crippen molar-refractivity contribution >= 4 is 0 Å². The second kappa shape index (κ2) is 5.61. The zero-order valence-corrected chi connectivity index (χ0v) is 12.2. The molecule has 1 saturated heterocycles. The largest absolute Gasteiger partial charge is 0.508 e. The number of likely N-dealkylation sites (tertiary alicyclic amines) is 1. The molecule has 1 aliphatic carbocycles. The van der Waals surface area contributed by atoms with E-state index in [-0.39, 0.29) is 0 Å². The molecule has 0 radical (unpaired) electrons. The number of aromatic hydroxyl groups is 1. The molecule has 1 N–H and O–H groups in total. The first-order chi connectivity index (χ1) is 9.73. The summed E-state index contributed by atoms with van der Waals surface area (Å²) in [5.74, 6) is 0.410. The Morgan fingerprint density at radius 1 is 1.40 bits per heavy atom. The van der Waals surface area contributed by atoms with Crippen LogP contribution in [0, 0.1) is 0 Å². The van der Waals surface area contributed by atoms with E-state index in [2.05, 4.69) is 17.5 Å². The quantitative estimate of drug-likeness (QED) is 0.841. The van der Waals surface area contributed by atoms with E-state index in [1.54, 1.807) is 6.07 Å². The van der Waals surface area contributed by atoms with Crippen molar-refractivity contribution in [1.82, 2.24) is 4.90 Å². The van der Waals surface area contributed by atoms with Crippen molar-refractivity contribution in [3.63, 3.8) is 0 Å². The van der Waals surface area contributed by atoms with Crippen molar-refractivity contribution in [2.45, 2.75) is 50.0 Å². The van der Waals surface area contributed by atoms with Crippen LogP contribution in [0.2, 0.25) is 0 Å². The zero-order valence-electron chi connectivity index (χ0n) is 12.2. The fourth-order valence-corrected chi connectivity index (χ4v) is 4.20. The smallest absolute Gasteiger partial charge is 0.115 e. The van der Waals surface area contributed by atoms with Gasteiger partial charge in [-0.3, -0.25) is 0 Å². The number of hydrogen-bond donors (Lipinski definition) is 1. The van der Waals surface area contributed by atoms with Gasteiger partial charge in [0.25, 0.3) is 0 Å². The molecule has 1 saturated carbocycles. The Labute approximate surface area is 122 Å². The Hall–Kier alpha value is -1.28. The van der Waals surface area contributed by atoms with E-state index in [0.717, 1.165) is 19.0 Å². The van der Waals surface area contributed by atoms with Gasteiger partial charge in [-0.2, -0.15) is 0 Å². The van der Waals surface area contributed by atoms with Gasteiger partial charge in [0.2, 0.25) is 0 Å². The summed E-state index contributed by atoms with van der Waals surface area (Å²) in [5.41, 5.74) is 1.66. The third-order valence-electron chi connectivity index (χ3n) is 5.29. The summed E-state index contributed by atoms with van der Waals surface area (Å²) in [4.78, 5) is 2.65. The molecule has 0 amide bonds. The molecular formula is C18H25NO. The van der Waals surface area contributed by atoms with Crippen molar-refractivity contribution in [2.75, 3.05) is 13.1 Å². The van der Waals surface area contributed by atoms with Gasteiger partial charge in [0.05, 0.1) is 0 Å². The first kappa shape index (κ1) is 13.7. The first-order valence-electron chi connectivity index (χ1n) is 7.88. The van der Waals surface area contributed by atoms with Crippen LogP contribution in [0.5, 0.6) is 5.75 Å². The van der Waals surface area contributed by atoms with Gasteiger partial charge in [0.15, 0.2) is 0 Å². The van der Waals surface area contributed by atoms with Gasteiger partial charge in [-0.1, -0.05) is 24.6 Å². The number of phenols is 1. The molecule has 0 unspecified atom stereocenters. The Kier molecular flexibility index (Phi) is 3.84. The van der Waals surface area contributed by atoms with E-state index in [1.165, 1.54) is 44.2 Å². The third kappa shape index (κ3) is 2.49. The van der Waals surface area contributed by atoms with Gasteiger partial charge in [0, 0.05) is 12.6 Å². The summed E-state index contributed by atoms with van der Waals surface area (Å²) in [7, 11) is 0. The van der Waals surface area contributed by atoms with Gasteiger partial charge in [0.1, 0.15) is 5.75 Å². The topological polar surface area (TPSA) is 23.5 Å². The van der Waals surface area contributed by atoms with E-state index in [1.807, 2.05) is 18.2 Å². The van der Waals surface area contributed by atoms with Gasteiger partial charge in [-0.15, -0.1) is 6.58 Å². The molecule has 0 aromatic heterocycles. The molecule has 2 atom stereocenters. The van der Waals surface area contributed by atoms with E-state index < -0.39 is 0 Å². The van der Waals surface area contributed by atoms with Crippen molar-refractivity contribution in [3.05, 3.63) is 42.5 Å². The number of rotatable bonds is 4. The molecule has 2 bridgehead atoms. The average molecular weight is 271 g/mol. The van der Waals surface area contributed by atoms with Crippen molar-refractivity contribution in [3.8, 4) is 5.75 Å². The van der Waals surface area contributed by atoms with Crippen LogP contribution in [-0.2, 0) is 5.41 Å². The van der Waals surface area contributed by atoms with E-state index >= 15 is 0 Å². The summed E-state index contributed by atoms with van der Waals surface area (Å²) in [6, 6.07) is 8.69. The van der Waals surface area contributed by atoms with Gasteiger partial charge >= 0.3 is 0 Å². The minimum atomic E-state index is 0.312. The lowest BCUT2D eigenvalue weighted by molar-refractivity contribution is 0.0529. The lowest BCUT2D eigenvalue weighted by Gasteiger charge is -2.51. The van der Waals surface area contributed by atoms with Crippen LogP contribution in [0.15, 0.2) is 36.9 Å². The van der Waals surface area contributed by atoms with Crippen LogP contribution in [-0.4, -0.2) is 29.1 Å². The Bertz CT molecular complexity index is 484. The van der Waals surface area contributed by atoms with Gasteiger partial charge in [-0.05, 0) is 61.8 Å². The number of nitrogens with zero attached hydrogens (tertiary/aromatic N) is 1. The van der Waals surface area contributed by atoms with Gasteiger partial charge in [-0.25, -0.2) is 0 Å². The molecule has 3 rings (SSSR count). The second-order valence-electron chi connectivity index (χ2n) is 6.44. The molecule has 108 valence electrons. The van der Waals surface area contributed by atoms with Crippen LogP contribution in [0.3, 0.4) is 0 Å². The molecule has 2 heteroatoms. The summed E-state index contributed by atoms with van der Waals surface area (Å²) >= 11 is 0. The summed E-state index contributed by atoms with van der Waals surface area (Å²) < 4.78 is 0. The maximum atomic E-state index is 9.78. The lowest BCUT2D eigenvalue weighted by atomic mass is 9.63. The zero-order chi connectivity index (χ0) is 14.0. The highest BCUT2D eigenvalue weighted by Gasteiger charge is 2.43. The van der Waals surface area contributed by atoms with Crippen LogP contribution < -0.4 is 0 Å². The monoisotopic (exact) mass is 271 g/mol. The predicted octanol–water partition coefficient (Wildman–Crippen LogP) is 3.85. The van der Waals surface area contributed by atoms with Crippen molar-refractivity contribution < 1.29 is 5.11 Å². The van der Waals surface area contributed by atoms with E-state index in [0.29, 0.717) is 11.2 Å². The van der Waals surface area contributed by atoms with Crippen LogP contribution in [0.4, 0.5) is 0 Å². The molecule has 2 aliphatic rings. The van der Waals surface area contributed by atoms with Gasteiger partial charge < -0.3 is 10.0 Å². The Morgan fingerprint density at radius 2 is 2.30 bits per heavy atom. The SMILES string of the molecule is C=CCCN1CC[C@@]2(c3cccc(O)c3)CCC[C@@H]1C2. The molecule has 1 heterocycles. The molecule has 20 heavy (non-hydrogen) atoms. The Morgan fingerprint density at radius 3 is 3.10 bits per heavy atom. The molecule has 2 nitrogen and oxygen atoms in total. The van der Waals surface area contributed by atoms with E-state index in [4.69, 9.17) is 0 Å². The average Bonchev–Trinajstić information content (AvgIpc) is 2.47. The maximum absolute atomic E-state index is 9.78. The number of hydrogen-bond acceptors (Lipinski definition) is 2. The van der Waals surface area contributed by atoms with Crippen LogP contribution in [0.1, 0.15) is 44.1 Å². The fraction of sp³-hybridized carbons (Fsp3) is 0.556. The number of phenolic OH excluding ortho intramolecular Hbond substituents is 1. The highest BCUT2D eigenvalue weighted by Crippen LogP contribution is 2.47. The minimum absolute atomic E-state index is 0.312. The Balaban J connectivity index is 1.80. The van der Waals surface area contributed by atoms with Crippen molar-refractivity contribution in [2.24, 2.45) is 0 Å². The molecule has 1 aromatic carbocycles.